The van der Waals surface area contributed by atoms with E-state index < -0.39 is 52.8 Å². The number of likely N-dealkylation sites (N-methyl/N-ethyl adjacent to an activating group) is 1. The van der Waals surface area contributed by atoms with Gasteiger partial charge in [-0.3, -0.25) is 24.4 Å². The van der Waals surface area contributed by atoms with E-state index in [0.29, 0.717) is 74.6 Å². The Morgan fingerprint density at radius 2 is 1.79 bits per heavy atom. The number of ether oxygens (including phenoxy) is 6. The third-order valence-corrected chi connectivity index (χ3v) is 16.2. The summed E-state index contributed by atoms with van der Waals surface area (Å²) in [6.07, 6.45) is 2.41. The quantitative estimate of drug-likeness (QED) is 0.155. The number of amides is 1. The summed E-state index contributed by atoms with van der Waals surface area (Å²) in [7, 11) is 4.89. The number of piperazine rings is 1. The Hall–Kier alpha value is -6.74. The van der Waals surface area contributed by atoms with Crippen LogP contribution in [-0.2, 0) is 32.7 Å². The molecule has 5 aromatic rings. The third-order valence-electron chi connectivity index (χ3n) is 14.7. The summed E-state index contributed by atoms with van der Waals surface area (Å²) in [5.41, 5.74) is 4.20. The number of nitriles is 1. The second kappa shape index (κ2) is 15.7. The molecule has 0 unspecified atom stereocenters. The lowest BCUT2D eigenvalue weighted by Gasteiger charge is -2.62. The van der Waals surface area contributed by atoms with Crippen molar-refractivity contribution in [1.29, 1.82) is 5.26 Å². The highest BCUT2D eigenvalue weighted by atomic mass is 32.2. The van der Waals surface area contributed by atoms with E-state index in [1.807, 2.05) is 26.1 Å². The van der Waals surface area contributed by atoms with Crippen LogP contribution in [0.1, 0.15) is 79.1 Å². The van der Waals surface area contributed by atoms with Gasteiger partial charge in [0.25, 0.3) is 5.91 Å². The number of hydrogen-bond acceptors (Lipinski definition) is 16. The van der Waals surface area contributed by atoms with Gasteiger partial charge < -0.3 is 43.5 Å². The van der Waals surface area contributed by atoms with Crippen LogP contribution in [0, 0.1) is 25.2 Å². The van der Waals surface area contributed by atoms with Crippen molar-refractivity contribution in [1.82, 2.24) is 19.7 Å². The molecule has 17 heteroatoms. The fraction of sp³-hybridized carbons (Fsp3) is 0.380. The summed E-state index contributed by atoms with van der Waals surface area (Å²) < 4.78 is 36.8. The first-order valence-electron chi connectivity index (χ1n) is 22.1. The summed E-state index contributed by atoms with van der Waals surface area (Å²) in [6, 6.07) is 13.4. The maximum absolute atomic E-state index is 15.8. The SMILES string of the molecule is COc1cc2c(cc1O)CCN(C(=O)c1ccc3ncccc3c1)[C@]21CS[C@@H]2c3c(OC(C)=O)c(C)c4c(c3[C@H](COC1=O)N1[C@@H]2[C@H]2c3c(cc(C)c(OC)c3O)C[C@@H]([C@@H]1C#N)N2C)OCO4. The fourth-order valence-electron chi connectivity index (χ4n) is 11.9. The number of aryl methyl sites for hydroxylation is 1. The van der Waals surface area contributed by atoms with E-state index in [9.17, 15) is 20.3 Å². The minimum atomic E-state index is -1.83. The maximum Gasteiger partial charge on any atom is 0.337 e. The molecule has 4 bridgehead atoms. The van der Waals surface area contributed by atoms with Gasteiger partial charge in [-0.1, -0.05) is 12.1 Å². The van der Waals surface area contributed by atoms with E-state index in [-0.39, 0.29) is 54.7 Å². The molecule has 16 nitrogen and oxygen atoms in total. The Morgan fingerprint density at radius 3 is 2.55 bits per heavy atom. The number of carbonyl (C=O) groups excluding carboxylic acids is 3. The molecular formula is C50H47N5O11S. The van der Waals surface area contributed by atoms with Crippen LogP contribution in [0.5, 0.6) is 40.2 Å². The average molecular weight is 926 g/mol. The van der Waals surface area contributed by atoms with Crippen LogP contribution >= 0.6 is 11.8 Å². The van der Waals surface area contributed by atoms with Crippen LogP contribution in [0.3, 0.4) is 0 Å². The van der Waals surface area contributed by atoms with Crippen LogP contribution in [0.4, 0.5) is 0 Å². The smallest absolute Gasteiger partial charge is 0.337 e. The number of phenolic OH excluding ortho intramolecular Hbond substituents is 2. The van der Waals surface area contributed by atoms with E-state index >= 15 is 9.59 Å². The molecule has 2 saturated heterocycles. The predicted molar refractivity (Wildman–Crippen MR) is 243 cm³/mol. The van der Waals surface area contributed by atoms with Gasteiger partial charge >= 0.3 is 11.9 Å². The number of methoxy groups -OCH3 is 2. The number of esters is 2. The molecule has 12 rings (SSSR count). The van der Waals surface area contributed by atoms with Gasteiger partial charge in [0.1, 0.15) is 18.4 Å². The molecule has 1 spiro atoms. The normalized spacial score (nSPS) is 25.9. The van der Waals surface area contributed by atoms with Crippen molar-refractivity contribution >= 4 is 40.5 Å². The largest absolute Gasteiger partial charge is 0.504 e. The number of hydrogen-bond donors (Lipinski definition) is 2. The Morgan fingerprint density at radius 1 is 0.985 bits per heavy atom. The molecule has 344 valence electrons. The van der Waals surface area contributed by atoms with Gasteiger partial charge in [0.2, 0.25) is 6.79 Å². The zero-order valence-electron chi connectivity index (χ0n) is 37.6. The van der Waals surface area contributed by atoms with Crippen LogP contribution in [0.15, 0.2) is 54.7 Å². The molecule has 8 heterocycles. The molecular weight excluding hydrogens is 879 g/mol. The molecule has 2 fully saturated rings. The van der Waals surface area contributed by atoms with Crippen molar-refractivity contribution in [3.8, 4) is 46.3 Å². The maximum atomic E-state index is 15.8. The van der Waals surface area contributed by atoms with E-state index in [0.717, 1.165) is 16.5 Å². The second-order valence-corrected chi connectivity index (χ2v) is 19.1. The van der Waals surface area contributed by atoms with E-state index in [4.69, 9.17) is 28.4 Å². The molecule has 0 radical (unpaired) electrons. The van der Waals surface area contributed by atoms with Crippen LogP contribution in [-0.4, -0.2) is 113 Å². The first-order chi connectivity index (χ1) is 32.3. The van der Waals surface area contributed by atoms with Crippen molar-refractivity contribution in [2.75, 3.05) is 47.0 Å². The molecule has 0 aliphatic carbocycles. The zero-order valence-corrected chi connectivity index (χ0v) is 38.4. The Kier molecular flexibility index (Phi) is 10.0. The molecule has 67 heavy (non-hydrogen) atoms. The first-order valence-corrected chi connectivity index (χ1v) is 23.2. The highest BCUT2D eigenvalue weighted by Crippen LogP contribution is 2.65. The number of aromatic nitrogens is 1. The minimum absolute atomic E-state index is 0.0122. The Bertz CT molecular complexity index is 3030. The zero-order chi connectivity index (χ0) is 46.8. The van der Waals surface area contributed by atoms with Crippen LogP contribution < -0.4 is 23.7 Å². The Balaban J connectivity index is 1.18. The van der Waals surface area contributed by atoms with Gasteiger partial charge in [-0.05, 0) is 92.4 Å². The number of fused-ring (bicyclic) bond motifs is 10. The van der Waals surface area contributed by atoms with Gasteiger partial charge in [-0.25, -0.2) is 4.79 Å². The number of rotatable bonds is 4. The number of phenols is 2. The third kappa shape index (κ3) is 6.05. The molecule has 7 aliphatic heterocycles. The molecule has 1 aromatic heterocycles. The average Bonchev–Trinajstić information content (AvgIpc) is 3.81. The molecule has 1 amide bonds. The Labute approximate surface area is 389 Å². The van der Waals surface area contributed by atoms with E-state index in [1.54, 1.807) is 54.4 Å². The first kappa shape index (κ1) is 42.9. The second-order valence-electron chi connectivity index (χ2n) is 18.0. The summed E-state index contributed by atoms with van der Waals surface area (Å²) >= 11 is 1.36. The number of aromatic hydroxyl groups is 2. The molecule has 7 aliphatic rings. The summed E-state index contributed by atoms with van der Waals surface area (Å²) in [5.74, 6) is -0.506. The molecule has 2 N–H and O–H groups in total. The molecule has 7 atom stereocenters. The van der Waals surface area contributed by atoms with E-state index in [2.05, 4.69) is 20.9 Å². The summed E-state index contributed by atoms with van der Waals surface area (Å²) in [5, 5.41) is 34.8. The van der Waals surface area contributed by atoms with Crippen LogP contribution in [0.25, 0.3) is 10.9 Å². The van der Waals surface area contributed by atoms with Crippen molar-refractivity contribution < 1.29 is 53.0 Å². The van der Waals surface area contributed by atoms with Crippen molar-refractivity contribution in [2.45, 2.75) is 74.6 Å². The monoisotopic (exact) mass is 925 g/mol. The fourth-order valence-corrected chi connectivity index (χ4v) is 13.7. The number of pyridine rings is 1. The van der Waals surface area contributed by atoms with Gasteiger partial charge in [0.05, 0.1) is 43.1 Å². The minimum Gasteiger partial charge on any atom is -0.504 e. The highest BCUT2D eigenvalue weighted by molar-refractivity contribution is 7.99. The lowest BCUT2D eigenvalue weighted by molar-refractivity contribution is -0.162. The summed E-state index contributed by atoms with van der Waals surface area (Å²) in [4.78, 5) is 54.6. The number of thioether (sulfide) groups is 1. The van der Waals surface area contributed by atoms with Gasteiger partial charge in [0, 0.05) is 70.7 Å². The van der Waals surface area contributed by atoms with Crippen molar-refractivity contribution in [3.05, 3.63) is 105 Å². The van der Waals surface area contributed by atoms with Crippen molar-refractivity contribution in [2.24, 2.45) is 0 Å². The predicted octanol–water partition coefficient (Wildman–Crippen LogP) is 6.09. The van der Waals surface area contributed by atoms with Gasteiger partial charge in [0.15, 0.2) is 40.0 Å². The van der Waals surface area contributed by atoms with Gasteiger partial charge in [-0.2, -0.15) is 5.26 Å². The topological polar surface area (TPSA) is 193 Å². The number of nitrogens with zero attached hydrogens (tertiary/aromatic N) is 5. The lowest BCUT2D eigenvalue weighted by atomic mass is 9.71. The van der Waals surface area contributed by atoms with Crippen LogP contribution in [0.2, 0.25) is 0 Å². The lowest BCUT2D eigenvalue weighted by Crippen LogP contribution is -2.69. The van der Waals surface area contributed by atoms with Gasteiger partial charge in [-0.15, -0.1) is 11.8 Å². The highest BCUT2D eigenvalue weighted by Gasteiger charge is 2.63. The number of benzene rings is 4. The summed E-state index contributed by atoms with van der Waals surface area (Å²) in [6.45, 7) is 4.64. The molecule has 4 aromatic carbocycles. The number of carbonyl (C=O) groups is 3. The van der Waals surface area contributed by atoms with Crippen molar-refractivity contribution in [3.63, 3.8) is 0 Å². The molecule has 0 saturated carbocycles. The van der Waals surface area contributed by atoms with E-state index in [1.165, 1.54) is 32.9 Å². The standard InChI is InChI=1S/C50H47N5O11S/c1-23-14-29-16-32-33(19-51)55-34-20-63-49(60)50(30-18-36(61-5)35(57)17-26(30)11-13-54(50)48(59)28-9-10-31-27(15-28)8-7-12-52-31)21-67-47(41(55)40(53(32)4)37(29)42(58)43(23)62-6)39-38(34)46-45(64-22-65-46)24(2)44(39)66-25(3)56/h7-10,12,14-15,17-18,32-34,40-41,47,57-58H,11,13,16,20-22H2,1-6H3/t32-,33-,34-,40+,41+,47+,50+/m0/s1.